The van der Waals surface area contributed by atoms with Crippen LogP contribution < -0.4 is 0 Å². The van der Waals surface area contributed by atoms with E-state index in [2.05, 4.69) is 31.0 Å². The van der Waals surface area contributed by atoms with Crippen LogP contribution in [0.1, 0.15) is 59.8 Å². The lowest BCUT2D eigenvalue weighted by Crippen LogP contribution is -2.39. The molecule has 0 radical (unpaired) electrons. The third-order valence-electron chi connectivity index (χ3n) is 3.36. The lowest BCUT2D eigenvalue weighted by Gasteiger charge is -2.29. The predicted octanol–water partition coefficient (Wildman–Crippen LogP) is 5.69. The van der Waals surface area contributed by atoms with E-state index >= 15 is 0 Å². The summed E-state index contributed by atoms with van der Waals surface area (Å²) in [6.07, 6.45) is 3.05. The second-order valence-corrected chi connectivity index (χ2v) is 9.54. The Hall–Kier alpha value is -1.24. The SMILES string of the molecule is CCCCOC(=O)/N=N/C(=O)O[Si](CCC)(CCC)CCC. The minimum absolute atomic E-state index is 0.295. The van der Waals surface area contributed by atoms with Crippen LogP contribution in [-0.2, 0) is 9.16 Å². The highest BCUT2D eigenvalue weighted by Gasteiger charge is 2.36. The summed E-state index contributed by atoms with van der Waals surface area (Å²) in [5, 5.41) is 6.63. The van der Waals surface area contributed by atoms with E-state index in [4.69, 9.17) is 9.16 Å². The van der Waals surface area contributed by atoms with Gasteiger partial charge in [0, 0.05) is 0 Å². The van der Waals surface area contributed by atoms with E-state index in [9.17, 15) is 9.59 Å². The Labute approximate surface area is 134 Å². The van der Waals surface area contributed by atoms with Gasteiger partial charge in [-0.1, -0.05) is 63.6 Å². The van der Waals surface area contributed by atoms with Gasteiger partial charge in [-0.3, -0.25) is 0 Å². The Morgan fingerprint density at radius 3 is 1.77 bits per heavy atom. The summed E-state index contributed by atoms with van der Waals surface area (Å²) >= 11 is 0. The van der Waals surface area contributed by atoms with Crippen LogP contribution in [0.3, 0.4) is 0 Å². The highest BCUT2D eigenvalue weighted by atomic mass is 28.4. The number of hydrogen-bond acceptors (Lipinski definition) is 4. The van der Waals surface area contributed by atoms with Crippen molar-refractivity contribution >= 4 is 20.5 Å². The van der Waals surface area contributed by atoms with Crippen molar-refractivity contribution < 1.29 is 18.8 Å². The lowest BCUT2D eigenvalue weighted by molar-refractivity contribution is 0.152. The second kappa shape index (κ2) is 12.3. The molecule has 128 valence electrons. The zero-order chi connectivity index (χ0) is 16.8. The highest BCUT2D eigenvalue weighted by Crippen LogP contribution is 2.28. The van der Waals surface area contributed by atoms with Crippen LogP contribution in [0.25, 0.3) is 0 Å². The summed E-state index contributed by atoms with van der Waals surface area (Å²) in [7, 11) is -2.12. The molecule has 0 rings (SSSR count). The maximum absolute atomic E-state index is 11.9. The highest BCUT2D eigenvalue weighted by molar-refractivity contribution is 6.75. The first kappa shape index (κ1) is 20.8. The van der Waals surface area contributed by atoms with Gasteiger partial charge in [0.15, 0.2) is 0 Å². The quantitative estimate of drug-likeness (QED) is 0.293. The van der Waals surface area contributed by atoms with E-state index in [0.717, 1.165) is 50.2 Å². The number of rotatable bonds is 10. The fourth-order valence-electron chi connectivity index (χ4n) is 2.51. The minimum atomic E-state index is -2.12. The van der Waals surface area contributed by atoms with Crippen LogP contribution in [0, 0.1) is 0 Å². The van der Waals surface area contributed by atoms with Crippen LogP contribution in [-0.4, -0.2) is 27.1 Å². The number of nitrogens with zero attached hydrogens (tertiary/aromatic N) is 2. The summed E-state index contributed by atoms with van der Waals surface area (Å²) in [4.78, 5) is 23.1. The molecule has 0 spiro atoms. The number of amides is 2. The molecule has 0 aromatic rings. The molecule has 0 unspecified atom stereocenters. The maximum Gasteiger partial charge on any atom is 0.452 e. The van der Waals surface area contributed by atoms with Crippen molar-refractivity contribution in [2.45, 2.75) is 77.9 Å². The molecule has 0 aliphatic carbocycles. The van der Waals surface area contributed by atoms with E-state index in [-0.39, 0.29) is 0 Å². The van der Waals surface area contributed by atoms with Crippen molar-refractivity contribution in [3.63, 3.8) is 0 Å². The van der Waals surface area contributed by atoms with E-state index in [1.807, 2.05) is 6.92 Å². The molecule has 0 atom stereocenters. The topological polar surface area (TPSA) is 77.3 Å². The zero-order valence-electron chi connectivity index (χ0n) is 14.4. The standard InChI is InChI=1S/C15H30N2O4Si/c1-5-9-10-20-14(18)16-17-15(19)21-22(11-6-2,12-7-3)13-8-4/h5-13H2,1-4H3/b17-16+. The largest absolute Gasteiger partial charge is 0.501 e. The molecule has 6 nitrogen and oxygen atoms in total. The van der Waals surface area contributed by atoms with Gasteiger partial charge in [0.2, 0.25) is 0 Å². The van der Waals surface area contributed by atoms with Crippen molar-refractivity contribution in [2.24, 2.45) is 10.2 Å². The van der Waals surface area contributed by atoms with Gasteiger partial charge in [0.25, 0.3) is 8.32 Å². The molecule has 2 amide bonds. The van der Waals surface area contributed by atoms with Crippen LogP contribution in [0.5, 0.6) is 0 Å². The minimum Gasteiger partial charge on any atom is -0.501 e. The van der Waals surface area contributed by atoms with E-state index in [1.165, 1.54) is 0 Å². The van der Waals surface area contributed by atoms with Gasteiger partial charge in [0.05, 0.1) is 6.61 Å². The van der Waals surface area contributed by atoms with E-state index in [1.54, 1.807) is 0 Å². The van der Waals surface area contributed by atoms with Gasteiger partial charge in [-0.25, -0.2) is 9.59 Å². The molecule has 22 heavy (non-hydrogen) atoms. The molecule has 0 aliphatic heterocycles. The Balaban J connectivity index is 4.57. The van der Waals surface area contributed by atoms with Crippen molar-refractivity contribution in [1.82, 2.24) is 0 Å². The molecule has 0 heterocycles. The van der Waals surface area contributed by atoms with Crippen LogP contribution >= 0.6 is 0 Å². The first-order valence-corrected chi connectivity index (χ1v) is 10.9. The smallest absolute Gasteiger partial charge is 0.452 e. The second-order valence-electron chi connectivity index (χ2n) is 5.47. The molecule has 0 bridgehead atoms. The molecule has 0 N–H and O–H groups in total. The summed E-state index contributed by atoms with van der Waals surface area (Å²) in [5.41, 5.74) is 0. The molecular formula is C15H30N2O4Si. The van der Waals surface area contributed by atoms with Crippen molar-refractivity contribution in [1.29, 1.82) is 0 Å². The van der Waals surface area contributed by atoms with Gasteiger partial charge in [-0.15, -0.1) is 0 Å². The third-order valence-corrected chi connectivity index (χ3v) is 8.20. The predicted molar refractivity (Wildman–Crippen MR) is 88.6 cm³/mol. The molecule has 0 saturated heterocycles. The van der Waals surface area contributed by atoms with E-state index in [0.29, 0.717) is 6.61 Å². The summed E-state index contributed by atoms with van der Waals surface area (Å²) < 4.78 is 10.5. The number of carbonyl (C=O) groups is 2. The Bertz CT molecular complexity index is 344. The summed E-state index contributed by atoms with van der Waals surface area (Å²) in [6, 6.07) is 2.78. The van der Waals surface area contributed by atoms with Gasteiger partial charge in [-0.2, -0.15) is 0 Å². The Morgan fingerprint density at radius 2 is 1.32 bits per heavy atom. The van der Waals surface area contributed by atoms with Gasteiger partial charge < -0.3 is 9.16 Å². The van der Waals surface area contributed by atoms with Gasteiger partial charge >= 0.3 is 12.2 Å². The summed E-state index contributed by atoms with van der Waals surface area (Å²) in [6.45, 7) is 8.56. The molecule has 0 aromatic carbocycles. The van der Waals surface area contributed by atoms with Gasteiger partial charge in [-0.05, 0) is 24.6 Å². The Kier molecular flexibility index (Phi) is 11.6. The average Bonchev–Trinajstić information content (AvgIpc) is 2.46. The van der Waals surface area contributed by atoms with Gasteiger partial charge in [0.1, 0.15) is 0 Å². The monoisotopic (exact) mass is 330 g/mol. The zero-order valence-corrected chi connectivity index (χ0v) is 15.4. The normalized spacial score (nSPS) is 11.6. The molecule has 0 fully saturated rings. The molecule has 0 aliphatic rings. The van der Waals surface area contributed by atoms with Crippen LogP contribution in [0.2, 0.25) is 18.1 Å². The number of hydrogen-bond donors (Lipinski definition) is 0. The number of azo groups is 1. The van der Waals surface area contributed by atoms with Crippen LogP contribution in [0.15, 0.2) is 10.2 Å². The van der Waals surface area contributed by atoms with Crippen molar-refractivity contribution in [3.05, 3.63) is 0 Å². The molecule has 7 heteroatoms. The Morgan fingerprint density at radius 1 is 0.818 bits per heavy atom. The molecular weight excluding hydrogens is 300 g/mol. The first-order chi connectivity index (χ1) is 10.5. The molecule has 0 saturated carbocycles. The number of ether oxygens (including phenoxy) is 1. The average molecular weight is 331 g/mol. The van der Waals surface area contributed by atoms with Crippen molar-refractivity contribution in [3.8, 4) is 0 Å². The number of unbranched alkanes of at least 4 members (excludes halogenated alkanes) is 1. The fraction of sp³-hybridized carbons (Fsp3) is 0.867. The third kappa shape index (κ3) is 8.91. The summed E-state index contributed by atoms with van der Waals surface area (Å²) in [5.74, 6) is 0. The van der Waals surface area contributed by atoms with Crippen molar-refractivity contribution in [2.75, 3.05) is 6.61 Å². The fourth-order valence-corrected chi connectivity index (χ4v) is 6.72. The van der Waals surface area contributed by atoms with E-state index < -0.39 is 20.5 Å². The lowest BCUT2D eigenvalue weighted by atomic mass is 10.4. The molecule has 0 aromatic heterocycles. The first-order valence-electron chi connectivity index (χ1n) is 8.35. The number of carbonyl (C=O) groups excluding carboxylic acids is 2. The van der Waals surface area contributed by atoms with Crippen LogP contribution in [0.4, 0.5) is 9.59 Å². The maximum atomic E-state index is 11.9.